The summed E-state index contributed by atoms with van der Waals surface area (Å²) in [6, 6.07) is 7.28. The number of hydrogen-bond acceptors (Lipinski definition) is 4. The van der Waals surface area contributed by atoms with Crippen molar-refractivity contribution in [1.29, 1.82) is 0 Å². The lowest BCUT2D eigenvalue weighted by Gasteiger charge is -2.17. The largest absolute Gasteiger partial charge is 0.495 e. The highest BCUT2D eigenvalue weighted by Crippen LogP contribution is 2.31. The molecule has 0 spiro atoms. The predicted octanol–water partition coefficient (Wildman–Crippen LogP) is 2.48. The molecule has 0 unspecified atom stereocenters. The molecule has 124 valence electrons. The standard InChI is InChI=1S/C17H18N4O2S/c1-4-20-10-12(11(2)19-20)9-13-16(22)21(17(24)18-13)14-7-5-6-8-15(14)23-3/h5-10H,4H2,1-3H3,(H,18,24)/b13-9+. The third kappa shape index (κ3) is 2.78. The first-order valence-electron chi connectivity index (χ1n) is 7.59. The van der Waals surface area contributed by atoms with E-state index in [0.717, 1.165) is 17.8 Å². The van der Waals surface area contributed by atoms with E-state index in [9.17, 15) is 4.79 Å². The van der Waals surface area contributed by atoms with Crippen LogP contribution in [0.25, 0.3) is 6.08 Å². The van der Waals surface area contributed by atoms with Crippen LogP contribution in [0.4, 0.5) is 5.69 Å². The smallest absolute Gasteiger partial charge is 0.281 e. The number of carbonyl (C=O) groups is 1. The molecule has 1 aliphatic rings. The molecule has 1 aromatic heterocycles. The molecule has 1 aromatic carbocycles. The van der Waals surface area contributed by atoms with Crippen molar-refractivity contribution in [1.82, 2.24) is 15.1 Å². The predicted molar refractivity (Wildman–Crippen MR) is 96.8 cm³/mol. The molecular formula is C17H18N4O2S. The fourth-order valence-electron chi connectivity index (χ4n) is 2.56. The summed E-state index contributed by atoms with van der Waals surface area (Å²) in [5.41, 5.74) is 2.79. The van der Waals surface area contributed by atoms with Gasteiger partial charge in [0.25, 0.3) is 5.91 Å². The van der Waals surface area contributed by atoms with Gasteiger partial charge in [0.1, 0.15) is 11.4 Å². The number of ether oxygens (including phenoxy) is 1. The summed E-state index contributed by atoms with van der Waals surface area (Å²) in [6.45, 7) is 4.70. The van der Waals surface area contributed by atoms with Crippen LogP contribution in [0.15, 0.2) is 36.2 Å². The van der Waals surface area contributed by atoms with Crippen LogP contribution in [0.3, 0.4) is 0 Å². The average molecular weight is 342 g/mol. The van der Waals surface area contributed by atoms with Gasteiger partial charge in [-0.25, -0.2) is 4.90 Å². The van der Waals surface area contributed by atoms with Crippen LogP contribution in [0.2, 0.25) is 0 Å². The van der Waals surface area contributed by atoms with Crippen molar-refractivity contribution < 1.29 is 9.53 Å². The second kappa shape index (κ2) is 6.45. The number of thiocarbonyl (C=S) groups is 1. The number of nitrogens with one attached hydrogen (secondary N) is 1. The van der Waals surface area contributed by atoms with Crippen LogP contribution >= 0.6 is 12.2 Å². The summed E-state index contributed by atoms with van der Waals surface area (Å²) >= 11 is 5.34. The number of amides is 1. The first kappa shape index (κ1) is 16.2. The highest BCUT2D eigenvalue weighted by molar-refractivity contribution is 7.80. The third-order valence-corrected chi connectivity index (χ3v) is 4.10. The van der Waals surface area contributed by atoms with Crippen molar-refractivity contribution in [2.45, 2.75) is 20.4 Å². The second-order valence-electron chi connectivity index (χ2n) is 5.33. The molecule has 0 atom stereocenters. The van der Waals surface area contributed by atoms with Gasteiger partial charge in [0.05, 0.1) is 18.5 Å². The van der Waals surface area contributed by atoms with E-state index < -0.39 is 0 Å². The monoisotopic (exact) mass is 342 g/mol. The van der Waals surface area contributed by atoms with Crippen LogP contribution in [0, 0.1) is 6.92 Å². The SMILES string of the molecule is CCn1cc(/C=C2/NC(=S)N(c3ccccc3OC)C2=O)c(C)n1. The molecule has 2 heterocycles. The summed E-state index contributed by atoms with van der Waals surface area (Å²) < 4.78 is 7.16. The number of methoxy groups -OCH3 is 1. The summed E-state index contributed by atoms with van der Waals surface area (Å²) in [5, 5.41) is 7.70. The van der Waals surface area contributed by atoms with Crippen LogP contribution in [0.5, 0.6) is 5.75 Å². The van der Waals surface area contributed by atoms with Crippen molar-refractivity contribution in [3.05, 3.63) is 47.4 Å². The molecule has 2 aromatic rings. The number of para-hydroxylation sites is 2. The Balaban J connectivity index is 1.97. The summed E-state index contributed by atoms with van der Waals surface area (Å²) in [6.07, 6.45) is 3.69. The maximum Gasteiger partial charge on any atom is 0.281 e. The Kier molecular flexibility index (Phi) is 4.35. The second-order valence-corrected chi connectivity index (χ2v) is 5.71. The first-order chi connectivity index (χ1) is 11.5. The normalized spacial score (nSPS) is 16.0. The Hall–Kier alpha value is -2.67. The Morgan fingerprint density at radius 3 is 2.79 bits per heavy atom. The van der Waals surface area contributed by atoms with Gasteiger partial charge in [-0.05, 0) is 44.3 Å². The summed E-state index contributed by atoms with van der Waals surface area (Å²) in [5.74, 6) is 0.374. The van der Waals surface area contributed by atoms with E-state index in [2.05, 4.69) is 10.4 Å². The molecule has 0 saturated carbocycles. The number of nitrogens with zero attached hydrogens (tertiary/aromatic N) is 3. The minimum Gasteiger partial charge on any atom is -0.495 e. The van der Waals surface area contributed by atoms with Crippen molar-refractivity contribution in [3.8, 4) is 5.75 Å². The van der Waals surface area contributed by atoms with E-state index >= 15 is 0 Å². The number of hydrogen-bond donors (Lipinski definition) is 1. The van der Waals surface area contributed by atoms with Gasteiger partial charge in [0.15, 0.2) is 5.11 Å². The van der Waals surface area contributed by atoms with Crippen molar-refractivity contribution in [2.24, 2.45) is 0 Å². The van der Waals surface area contributed by atoms with E-state index in [4.69, 9.17) is 17.0 Å². The van der Waals surface area contributed by atoms with Gasteiger partial charge in [-0.1, -0.05) is 12.1 Å². The van der Waals surface area contributed by atoms with E-state index in [1.165, 1.54) is 4.90 Å². The lowest BCUT2D eigenvalue weighted by molar-refractivity contribution is -0.113. The summed E-state index contributed by atoms with van der Waals surface area (Å²) in [4.78, 5) is 14.2. The molecule has 3 rings (SSSR count). The van der Waals surface area contributed by atoms with Gasteiger partial charge >= 0.3 is 0 Å². The maximum absolute atomic E-state index is 12.8. The molecule has 7 heteroatoms. The Morgan fingerprint density at radius 1 is 1.38 bits per heavy atom. The molecule has 1 aliphatic heterocycles. The van der Waals surface area contributed by atoms with E-state index in [1.54, 1.807) is 25.3 Å². The molecule has 24 heavy (non-hydrogen) atoms. The van der Waals surface area contributed by atoms with Gasteiger partial charge in [0.2, 0.25) is 0 Å². The van der Waals surface area contributed by atoms with Gasteiger partial charge in [-0.15, -0.1) is 0 Å². The molecule has 1 fully saturated rings. The molecular weight excluding hydrogens is 324 g/mol. The zero-order valence-electron chi connectivity index (χ0n) is 13.7. The van der Waals surface area contributed by atoms with Crippen molar-refractivity contribution >= 4 is 35.0 Å². The number of aromatic nitrogens is 2. The minimum atomic E-state index is -0.215. The fourth-order valence-corrected chi connectivity index (χ4v) is 2.85. The third-order valence-electron chi connectivity index (χ3n) is 3.81. The Bertz CT molecular complexity index is 841. The van der Waals surface area contributed by atoms with E-state index in [1.807, 2.05) is 36.9 Å². The topological polar surface area (TPSA) is 59.4 Å². The van der Waals surface area contributed by atoms with Crippen LogP contribution < -0.4 is 15.0 Å². The molecule has 0 bridgehead atoms. The average Bonchev–Trinajstić information content (AvgIpc) is 3.07. The minimum absolute atomic E-state index is 0.215. The number of rotatable bonds is 4. The zero-order chi connectivity index (χ0) is 17.3. The maximum atomic E-state index is 12.8. The van der Waals surface area contributed by atoms with Gasteiger partial charge < -0.3 is 10.1 Å². The summed E-state index contributed by atoms with van der Waals surface area (Å²) in [7, 11) is 1.56. The molecule has 1 N–H and O–H groups in total. The van der Waals surface area contributed by atoms with E-state index in [-0.39, 0.29) is 5.91 Å². The Labute approximate surface area is 145 Å². The lowest BCUT2D eigenvalue weighted by Crippen LogP contribution is -2.30. The lowest BCUT2D eigenvalue weighted by atomic mass is 10.2. The highest BCUT2D eigenvalue weighted by atomic mass is 32.1. The molecule has 0 aliphatic carbocycles. The molecule has 1 saturated heterocycles. The number of aryl methyl sites for hydroxylation is 2. The molecule has 1 amide bonds. The molecule has 6 nitrogen and oxygen atoms in total. The van der Waals surface area contributed by atoms with Gasteiger partial charge in [0, 0.05) is 18.3 Å². The van der Waals surface area contributed by atoms with Crippen LogP contribution in [-0.2, 0) is 11.3 Å². The van der Waals surface area contributed by atoms with Gasteiger partial charge in [-0.2, -0.15) is 5.10 Å². The number of benzene rings is 1. The fraction of sp³-hybridized carbons (Fsp3) is 0.235. The van der Waals surface area contributed by atoms with Crippen LogP contribution in [-0.4, -0.2) is 27.9 Å². The number of carbonyl (C=O) groups excluding carboxylic acids is 1. The molecule has 0 radical (unpaired) electrons. The van der Waals surface area contributed by atoms with Crippen molar-refractivity contribution in [2.75, 3.05) is 12.0 Å². The quantitative estimate of drug-likeness (QED) is 0.683. The first-order valence-corrected chi connectivity index (χ1v) is 8.00. The highest BCUT2D eigenvalue weighted by Gasteiger charge is 2.33. The Morgan fingerprint density at radius 2 is 2.12 bits per heavy atom. The van der Waals surface area contributed by atoms with Crippen LogP contribution in [0.1, 0.15) is 18.2 Å². The van der Waals surface area contributed by atoms with E-state index in [0.29, 0.717) is 22.2 Å². The zero-order valence-corrected chi connectivity index (χ0v) is 14.6. The van der Waals surface area contributed by atoms with Gasteiger partial charge in [-0.3, -0.25) is 9.48 Å². The van der Waals surface area contributed by atoms with Crippen molar-refractivity contribution in [3.63, 3.8) is 0 Å². The number of anilines is 1.